The van der Waals surface area contributed by atoms with E-state index in [4.69, 9.17) is 10.5 Å². The molecular formula is C17H25N3O3. The SMILES string of the molecule is COC(=O)c1ccc(CN2CCCC(C(=O)NCCN)C2)cc1. The zero-order chi connectivity index (χ0) is 16.7. The largest absolute Gasteiger partial charge is 0.465 e. The van der Waals surface area contributed by atoms with Gasteiger partial charge in [0.1, 0.15) is 0 Å². The number of amides is 1. The smallest absolute Gasteiger partial charge is 0.337 e. The zero-order valence-corrected chi connectivity index (χ0v) is 13.6. The van der Waals surface area contributed by atoms with Crippen LogP contribution in [-0.4, -0.2) is 50.1 Å². The summed E-state index contributed by atoms with van der Waals surface area (Å²) < 4.78 is 4.70. The van der Waals surface area contributed by atoms with Crippen molar-refractivity contribution in [3.05, 3.63) is 35.4 Å². The molecule has 1 unspecified atom stereocenters. The number of rotatable bonds is 6. The number of ether oxygens (including phenoxy) is 1. The molecule has 1 aliphatic rings. The summed E-state index contributed by atoms with van der Waals surface area (Å²) in [6.07, 6.45) is 1.94. The van der Waals surface area contributed by atoms with Gasteiger partial charge in [-0.05, 0) is 37.1 Å². The molecular weight excluding hydrogens is 294 g/mol. The lowest BCUT2D eigenvalue weighted by molar-refractivity contribution is -0.126. The zero-order valence-electron chi connectivity index (χ0n) is 13.6. The lowest BCUT2D eigenvalue weighted by atomic mass is 9.96. The summed E-state index contributed by atoms with van der Waals surface area (Å²) in [4.78, 5) is 25.8. The van der Waals surface area contributed by atoms with Crippen molar-refractivity contribution in [1.82, 2.24) is 10.2 Å². The van der Waals surface area contributed by atoms with Crippen LogP contribution in [0, 0.1) is 5.92 Å². The van der Waals surface area contributed by atoms with Crippen LogP contribution in [0.2, 0.25) is 0 Å². The fourth-order valence-corrected chi connectivity index (χ4v) is 2.88. The highest BCUT2D eigenvalue weighted by molar-refractivity contribution is 5.89. The number of piperidine rings is 1. The predicted octanol–water partition coefficient (Wildman–Crippen LogP) is 0.760. The molecule has 0 aliphatic carbocycles. The summed E-state index contributed by atoms with van der Waals surface area (Å²) in [5.74, 6) is -0.197. The van der Waals surface area contributed by atoms with E-state index >= 15 is 0 Å². The second-order valence-corrected chi connectivity index (χ2v) is 5.84. The van der Waals surface area contributed by atoms with E-state index in [-0.39, 0.29) is 17.8 Å². The van der Waals surface area contributed by atoms with Gasteiger partial charge < -0.3 is 15.8 Å². The third kappa shape index (κ3) is 5.04. The summed E-state index contributed by atoms with van der Waals surface area (Å²) >= 11 is 0. The Hall–Kier alpha value is -1.92. The fourth-order valence-electron chi connectivity index (χ4n) is 2.88. The molecule has 1 aromatic carbocycles. The summed E-state index contributed by atoms with van der Waals surface area (Å²) in [6, 6.07) is 7.42. The van der Waals surface area contributed by atoms with Crippen molar-refractivity contribution in [1.29, 1.82) is 0 Å². The molecule has 1 saturated heterocycles. The number of nitrogens with one attached hydrogen (secondary N) is 1. The van der Waals surface area contributed by atoms with E-state index in [0.717, 1.165) is 38.0 Å². The molecule has 1 atom stereocenters. The average molecular weight is 319 g/mol. The van der Waals surface area contributed by atoms with E-state index in [1.54, 1.807) is 12.1 Å². The van der Waals surface area contributed by atoms with E-state index in [1.807, 2.05) is 12.1 Å². The first-order valence-electron chi connectivity index (χ1n) is 8.01. The number of carbonyl (C=O) groups excluding carboxylic acids is 2. The van der Waals surface area contributed by atoms with Gasteiger partial charge in [-0.3, -0.25) is 9.69 Å². The topological polar surface area (TPSA) is 84.7 Å². The highest BCUT2D eigenvalue weighted by Gasteiger charge is 2.25. The van der Waals surface area contributed by atoms with Crippen LogP contribution in [0.4, 0.5) is 0 Å². The minimum atomic E-state index is -0.328. The number of nitrogens with zero attached hydrogens (tertiary/aromatic N) is 1. The Bertz CT molecular complexity index is 530. The first-order valence-corrected chi connectivity index (χ1v) is 8.01. The van der Waals surface area contributed by atoms with Gasteiger partial charge in [0.25, 0.3) is 0 Å². The van der Waals surface area contributed by atoms with Crippen LogP contribution >= 0.6 is 0 Å². The number of likely N-dealkylation sites (tertiary alicyclic amines) is 1. The summed E-state index contributed by atoms with van der Waals surface area (Å²) in [7, 11) is 1.37. The second kappa shape index (κ2) is 8.64. The van der Waals surface area contributed by atoms with Crippen molar-refractivity contribution in [2.24, 2.45) is 11.7 Å². The number of nitrogens with two attached hydrogens (primary N) is 1. The van der Waals surface area contributed by atoms with Crippen molar-refractivity contribution < 1.29 is 14.3 Å². The molecule has 2 rings (SSSR count). The molecule has 126 valence electrons. The van der Waals surface area contributed by atoms with Crippen LogP contribution in [0.1, 0.15) is 28.8 Å². The fraction of sp³-hybridized carbons (Fsp3) is 0.529. The normalized spacial score (nSPS) is 18.4. The minimum Gasteiger partial charge on any atom is -0.465 e. The van der Waals surface area contributed by atoms with E-state index < -0.39 is 0 Å². The van der Waals surface area contributed by atoms with Crippen molar-refractivity contribution >= 4 is 11.9 Å². The van der Waals surface area contributed by atoms with Gasteiger partial charge >= 0.3 is 5.97 Å². The molecule has 6 heteroatoms. The van der Waals surface area contributed by atoms with E-state index in [0.29, 0.717) is 18.7 Å². The number of benzene rings is 1. The van der Waals surface area contributed by atoms with Crippen LogP contribution in [-0.2, 0) is 16.1 Å². The van der Waals surface area contributed by atoms with E-state index in [1.165, 1.54) is 7.11 Å². The maximum Gasteiger partial charge on any atom is 0.337 e. The van der Waals surface area contributed by atoms with Gasteiger partial charge in [-0.1, -0.05) is 12.1 Å². The molecule has 23 heavy (non-hydrogen) atoms. The lowest BCUT2D eigenvalue weighted by Gasteiger charge is -2.32. The molecule has 1 fully saturated rings. The van der Waals surface area contributed by atoms with Crippen LogP contribution in [0.5, 0.6) is 0 Å². The molecule has 1 amide bonds. The maximum atomic E-state index is 12.1. The molecule has 1 heterocycles. The Morgan fingerprint density at radius 1 is 1.35 bits per heavy atom. The quantitative estimate of drug-likeness (QED) is 0.756. The van der Waals surface area contributed by atoms with Crippen molar-refractivity contribution in [3.63, 3.8) is 0 Å². The Morgan fingerprint density at radius 2 is 2.09 bits per heavy atom. The van der Waals surface area contributed by atoms with Crippen molar-refractivity contribution in [2.75, 3.05) is 33.3 Å². The lowest BCUT2D eigenvalue weighted by Crippen LogP contribution is -2.43. The number of esters is 1. The molecule has 0 spiro atoms. The predicted molar refractivity (Wildman–Crippen MR) is 87.8 cm³/mol. The molecule has 0 radical (unpaired) electrons. The van der Waals surface area contributed by atoms with Gasteiger partial charge in [0.05, 0.1) is 18.6 Å². The van der Waals surface area contributed by atoms with Crippen molar-refractivity contribution in [3.8, 4) is 0 Å². The molecule has 0 aromatic heterocycles. The second-order valence-electron chi connectivity index (χ2n) is 5.84. The molecule has 0 bridgehead atoms. The number of carbonyl (C=O) groups is 2. The van der Waals surface area contributed by atoms with Gasteiger partial charge in [0, 0.05) is 26.2 Å². The summed E-state index contributed by atoms with van der Waals surface area (Å²) in [5, 5.41) is 2.87. The van der Waals surface area contributed by atoms with Crippen LogP contribution in [0.15, 0.2) is 24.3 Å². The third-order valence-corrected chi connectivity index (χ3v) is 4.10. The molecule has 6 nitrogen and oxygen atoms in total. The summed E-state index contributed by atoms with van der Waals surface area (Å²) in [5.41, 5.74) is 7.10. The Morgan fingerprint density at radius 3 is 2.74 bits per heavy atom. The van der Waals surface area contributed by atoms with E-state index in [2.05, 4.69) is 10.2 Å². The monoisotopic (exact) mass is 319 g/mol. The van der Waals surface area contributed by atoms with Crippen LogP contribution in [0.25, 0.3) is 0 Å². The van der Waals surface area contributed by atoms with Crippen LogP contribution in [0.3, 0.4) is 0 Å². The van der Waals surface area contributed by atoms with Gasteiger partial charge in [-0.15, -0.1) is 0 Å². The first kappa shape index (κ1) is 17.4. The van der Waals surface area contributed by atoms with Gasteiger partial charge in [-0.25, -0.2) is 4.79 Å². The van der Waals surface area contributed by atoms with Crippen molar-refractivity contribution in [2.45, 2.75) is 19.4 Å². The van der Waals surface area contributed by atoms with Gasteiger partial charge in [0.15, 0.2) is 0 Å². The Balaban J connectivity index is 1.89. The number of methoxy groups -OCH3 is 1. The van der Waals surface area contributed by atoms with E-state index in [9.17, 15) is 9.59 Å². The Labute approximate surface area is 137 Å². The van der Waals surface area contributed by atoms with Gasteiger partial charge in [-0.2, -0.15) is 0 Å². The first-order chi connectivity index (χ1) is 11.1. The average Bonchev–Trinajstić information content (AvgIpc) is 2.60. The van der Waals surface area contributed by atoms with Gasteiger partial charge in [0.2, 0.25) is 5.91 Å². The minimum absolute atomic E-state index is 0.0321. The highest BCUT2D eigenvalue weighted by Crippen LogP contribution is 2.19. The molecule has 0 saturated carbocycles. The maximum absolute atomic E-state index is 12.1. The highest BCUT2D eigenvalue weighted by atomic mass is 16.5. The Kier molecular flexibility index (Phi) is 6.55. The number of hydrogen-bond donors (Lipinski definition) is 2. The molecule has 1 aromatic rings. The summed E-state index contributed by atoms with van der Waals surface area (Å²) in [6.45, 7) is 3.52. The standard InChI is InChI=1S/C17H25N3O3/c1-23-17(22)14-6-4-13(5-7-14)11-20-10-2-3-15(12-20)16(21)19-9-8-18/h4-7,15H,2-3,8-12,18H2,1H3,(H,19,21). The number of hydrogen-bond acceptors (Lipinski definition) is 5. The molecule has 1 aliphatic heterocycles. The van der Waals surface area contributed by atoms with Crippen LogP contribution < -0.4 is 11.1 Å². The third-order valence-electron chi connectivity index (χ3n) is 4.10. The molecule has 3 N–H and O–H groups in total.